The maximum Gasteiger partial charge on any atom is 0.242 e. The Morgan fingerprint density at radius 2 is 2.04 bits per heavy atom. The van der Waals surface area contributed by atoms with Gasteiger partial charge in [-0.15, -0.1) is 0 Å². The van der Waals surface area contributed by atoms with Gasteiger partial charge in [0.05, 0.1) is 24.8 Å². The van der Waals surface area contributed by atoms with Crippen LogP contribution in [0.1, 0.15) is 31.2 Å². The summed E-state index contributed by atoms with van der Waals surface area (Å²) >= 11 is 0. The van der Waals surface area contributed by atoms with Crippen molar-refractivity contribution in [3.05, 3.63) is 11.9 Å². The number of hydrogen-bond donors (Lipinski definition) is 2. The van der Waals surface area contributed by atoms with Gasteiger partial charge in [-0.2, -0.15) is 0 Å². The van der Waals surface area contributed by atoms with Crippen molar-refractivity contribution < 1.29 is 9.90 Å². The zero-order chi connectivity index (χ0) is 18.1. The second-order valence-electron chi connectivity index (χ2n) is 7.62. The number of anilines is 2. The van der Waals surface area contributed by atoms with Crippen LogP contribution in [-0.2, 0) is 11.3 Å². The van der Waals surface area contributed by atoms with Crippen LogP contribution in [0.4, 0.5) is 11.6 Å². The number of aromatic nitrogens is 2. The van der Waals surface area contributed by atoms with Crippen molar-refractivity contribution in [3.8, 4) is 0 Å². The van der Waals surface area contributed by atoms with Crippen molar-refractivity contribution in [2.75, 3.05) is 49.6 Å². The minimum atomic E-state index is -0.321. The van der Waals surface area contributed by atoms with Crippen LogP contribution in [0.5, 0.6) is 0 Å². The molecule has 26 heavy (non-hydrogen) atoms. The third-order valence-electron chi connectivity index (χ3n) is 5.69. The molecule has 3 aliphatic rings. The highest BCUT2D eigenvalue weighted by atomic mass is 16.3. The van der Waals surface area contributed by atoms with Gasteiger partial charge >= 0.3 is 0 Å². The fraction of sp³-hybridized carbons (Fsp3) is 0.722. The van der Waals surface area contributed by atoms with Gasteiger partial charge in [-0.1, -0.05) is 0 Å². The van der Waals surface area contributed by atoms with Crippen molar-refractivity contribution in [1.82, 2.24) is 20.2 Å². The highest BCUT2D eigenvalue weighted by molar-refractivity contribution is 5.84. The standard InChI is InChI=1S/C18H28N6O2/c1-22-11-16(26)24(13-4-2-6-19-8-13)10-15-17(22)20-12-21-18(15)23-7-3-5-14(25)9-23/h12-14,19,25H,2-11H2,1H3. The summed E-state index contributed by atoms with van der Waals surface area (Å²) in [6.07, 6.45) is 5.16. The zero-order valence-electron chi connectivity index (χ0n) is 15.4. The van der Waals surface area contributed by atoms with E-state index in [1.165, 1.54) is 0 Å². The minimum Gasteiger partial charge on any atom is -0.391 e. The largest absolute Gasteiger partial charge is 0.391 e. The molecular weight excluding hydrogens is 332 g/mol. The van der Waals surface area contributed by atoms with Crippen LogP contribution >= 0.6 is 0 Å². The summed E-state index contributed by atoms with van der Waals surface area (Å²) in [7, 11) is 1.92. The van der Waals surface area contributed by atoms with Crippen LogP contribution in [0.25, 0.3) is 0 Å². The molecule has 4 heterocycles. The normalized spacial score (nSPS) is 27.3. The number of rotatable bonds is 2. The first-order valence-electron chi connectivity index (χ1n) is 9.61. The maximum atomic E-state index is 12.9. The van der Waals surface area contributed by atoms with E-state index in [9.17, 15) is 9.90 Å². The maximum absolute atomic E-state index is 12.9. The number of carbonyl (C=O) groups is 1. The van der Waals surface area contributed by atoms with Gasteiger partial charge in [-0.25, -0.2) is 9.97 Å². The summed E-state index contributed by atoms with van der Waals surface area (Å²) in [6.45, 7) is 4.21. The topological polar surface area (TPSA) is 84.8 Å². The molecule has 142 valence electrons. The van der Waals surface area contributed by atoms with E-state index >= 15 is 0 Å². The average Bonchev–Trinajstić information content (AvgIpc) is 2.78. The molecule has 0 aliphatic carbocycles. The Morgan fingerprint density at radius 1 is 1.19 bits per heavy atom. The van der Waals surface area contributed by atoms with Crippen LogP contribution < -0.4 is 15.1 Å². The predicted molar refractivity (Wildman–Crippen MR) is 99.2 cm³/mol. The molecule has 0 bridgehead atoms. The lowest BCUT2D eigenvalue weighted by Crippen LogP contribution is -2.49. The van der Waals surface area contributed by atoms with Gasteiger partial charge in [0.2, 0.25) is 5.91 Å². The Kier molecular flexibility index (Phi) is 4.95. The van der Waals surface area contributed by atoms with Gasteiger partial charge in [0, 0.05) is 32.7 Å². The van der Waals surface area contributed by atoms with E-state index < -0.39 is 0 Å². The molecule has 3 aliphatic heterocycles. The average molecular weight is 360 g/mol. The first kappa shape index (κ1) is 17.5. The number of hydrogen-bond acceptors (Lipinski definition) is 7. The third kappa shape index (κ3) is 3.35. The summed E-state index contributed by atoms with van der Waals surface area (Å²) in [5, 5.41) is 13.5. The van der Waals surface area contributed by atoms with E-state index in [4.69, 9.17) is 0 Å². The second-order valence-corrected chi connectivity index (χ2v) is 7.62. The van der Waals surface area contributed by atoms with Crippen molar-refractivity contribution in [3.63, 3.8) is 0 Å². The molecule has 2 unspecified atom stereocenters. The number of nitrogens with one attached hydrogen (secondary N) is 1. The lowest BCUT2D eigenvalue weighted by molar-refractivity contribution is -0.132. The van der Waals surface area contributed by atoms with E-state index in [2.05, 4.69) is 20.2 Å². The molecule has 8 heteroatoms. The van der Waals surface area contributed by atoms with E-state index in [1.54, 1.807) is 6.33 Å². The number of carbonyl (C=O) groups excluding carboxylic acids is 1. The number of fused-ring (bicyclic) bond motifs is 1. The molecule has 2 saturated heterocycles. The van der Waals surface area contributed by atoms with Crippen LogP contribution in [-0.4, -0.2) is 77.8 Å². The van der Waals surface area contributed by atoms with Crippen molar-refractivity contribution in [2.45, 2.75) is 44.4 Å². The van der Waals surface area contributed by atoms with E-state index in [0.717, 1.165) is 62.5 Å². The van der Waals surface area contributed by atoms with Crippen LogP contribution in [0.2, 0.25) is 0 Å². The first-order chi connectivity index (χ1) is 12.6. The Labute approximate surface area is 154 Å². The van der Waals surface area contributed by atoms with Crippen molar-refractivity contribution >= 4 is 17.5 Å². The summed E-state index contributed by atoms with van der Waals surface area (Å²) in [4.78, 5) is 28.0. The zero-order valence-corrected chi connectivity index (χ0v) is 15.4. The molecule has 8 nitrogen and oxygen atoms in total. The van der Waals surface area contributed by atoms with Gasteiger partial charge in [-0.05, 0) is 32.2 Å². The Hall–Kier alpha value is -1.93. The summed E-state index contributed by atoms with van der Waals surface area (Å²) < 4.78 is 0. The molecule has 0 radical (unpaired) electrons. The molecule has 0 aromatic carbocycles. The molecule has 4 rings (SSSR count). The SMILES string of the molecule is CN1CC(=O)N(C2CCCNC2)Cc2c1ncnc2N1CCCC(O)C1. The monoisotopic (exact) mass is 360 g/mol. The summed E-state index contributed by atoms with van der Waals surface area (Å²) in [5.41, 5.74) is 1.00. The molecule has 2 atom stereocenters. The van der Waals surface area contributed by atoms with E-state index in [-0.39, 0.29) is 18.1 Å². The first-order valence-corrected chi connectivity index (χ1v) is 9.61. The third-order valence-corrected chi connectivity index (χ3v) is 5.69. The molecule has 2 N–H and O–H groups in total. The number of likely N-dealkylation sites (N-methyl/N-ethyl adjacent to an activating group) is 1. The molecular formula is C18H28N6O2. The van der Waals surface area contributed by atoms with E-state index in [0.29, 0.717) is 19.6 Å². The second kappa shape index (κ2) is 7.36. The summed E-state index contributed by atoms with van der Waals surface area (Å²) in [6, 6.07) is 0.218. The number of aliphatic hydroxyl groups is 1. The molecule has 1 aromatic rings. The van der Waals surface area contributed by atoms with Gasteiger partial charge in [0.15, 0.2) is 0 Å². The van der Waals surface area contributed by atoms with Gasteiger partial charge in [0.1, 0.15) is 18.0 Å². The number of piperidine rings is 2. The molecule has 2 fully saturated rings. The number of aliphatic hydroxyl groups excluding tert-OH is 1. The highest BCUT2D eigenvalue weighted by Crippen LogP contribution is 2.32. The molecule has 1 amide bonds. The fourth-order valence-corrected chi connectivity index (χ4v) is 4.34. The molecule has 0 spiro atoms. The van der Waals surface area contributed by atoms with Crippen LogP contribution in [0.3, 0.4) is 0 Å². The minimum absolute atomic E-state index is 0.142. The predicted octanol–water partition coefficient (Wildman–Crippen LogP) is -0.0319. The van der Waals surface area contributed by atoms with Crippen LogP contribution in [0, 0.1) is 0 Å². The van der Waals surface area contributed by atoms with Gasteiger partial charge in [-0.3, -0.25) is 4.79 Å². The van der Waals surface area contributed by atoms with Gasteiger partial charge in [0.25, 0.3) is 0 Å². The van der Waals surface area contributed by atoms with Crippen molar-refractivity contribution in [2.24, 2.45) is 0 Å². The Balaban J connectivity index is 1.68. The molecule has 0 saturated carbocycles. The Bertz CT molecular complexity index is 663. The van der Waals surface area contributed by atoms with Crippen LogP contribution in [0.15, 0.2) is 6.33 Å². The Morgan fingerprint density at radius 3 is 2.81 bits per heavy atom. The van der Waals surface area contributed by atoms with E-state index in [1.807, 2.05) is 16.8 Å². The summed E-state index contributed by atoms with van der Waals surface area (Å²) in [5.74, 6) is 1.84. The highest BCUT2D eigenvalue weighted by Gasteiger charge is 2.33. The number of β-amino-alcohol motifs (C(OH)–C–C–N with tert-alkyl or cyclic N) is 1. The lowest BCUT2D eigenvalue weighted by Gasteiger charge is -2.35. The smallest absolute Gasteiger partial charge is 0.242 e. The van der Waals surface area contributed by atoms with Gasteiger partial charge < -0.3 is 25.1 Å². The fourth-order valence-electron chi connectivity index (χ4n) is 4.34. The van der Waals surface area contributed by atoms with Crippen molar-refractivity contribution in [1.29, 1.82) is 0 Å². The quantitative estimate of drug-likeness (QED) is 0.766. The lowest BCUT2D eigenvalue weighted by atomic mass is 10.0. The number of nitrogens with zero attached hydrogens (tertiary/aromatic N) is 5. The molecule has 1 aromatic heterocycles. The number of amides is 1.